The predicted octanol–water partition coefficient (Wildman–Crippen LogP) is 2.63. The lowest BCUT2D eigenvalue weighted by Crippen LogP contribution is -2.47. The summed E-state index contributed by atoms with van der Waals surface area (Å²) >= 11 is 0. The van der Waals surface area contributed by atoms with E-state index in [1.54, 1.807) is 0 Å². The van der Waals surface area contributed by atoms with Crippen LogP contribution < -0.4 is 5.32 Å². The van der Waals surface area contributed by atoms with Crippen molar-refractivity contribution in [1.29, 1.82) is 0 Å². The molecule has 1 heterocycles. The molecule has 1 aromatic heterocycles. The Kier molecular flexibility index (Phi) is 4.87. The van der Waals surface area contributed by atoms with E-state index in [0.29, 0.717) is 0 Å². The van der Waals surface area contributed by atoms with Gasteiger partial charge in [0.25, 0.3) is 5.91 Å². The van der Waals surface area contributed by atoms with E-state index in [4.69, 9.17) is 0 Å². The molecule has 18 heavy (non-hydrogen) atoms. The molecule has 1 amide bonds. The average Bonchev–Trinajstić information content (AvgIpc) is 2.86. The van der Waals surface area contributed by atoms with E-state index >= 15 is 0 Å². The Morgan fingerprint density at radius 1 is 1.28 bits per heavy atom. The van der Waals surface area contributed by atoms with Gasteiger partial charge in [0.05, 0.1) is 0 Å². The van der Waals surface area contributed by atoms with Gasteiger partial charge >= 0.3 is 0 Å². The summed E-state index contributed by atoms with van der Waals surface area (Å²) in [5.74, 6) is 1.03. The number of aromatic nitrogens is 3. The van der Waals surface area contributed by atoms with E-state index < -0.39 is 0 Å². The van der Waals surface area contributed by atoms with Crippen LogP contribution in [0.25, 0.3) is 0 Å². The molecule has 1 rings (SSSR count). The van der Waals surface area contributed by atoms with Crippen molar-refractivity contribution < 1.29 is 4.79 Å². The molecule has 0 unspecified atom stereocenters. The van der Waals surface area contributed by atoms with Crippen LogP contribution in [-0.4, -0.2) is 26.6 Å². The second-order valence-corrected chi connectivity index (χ2v) is 4.99. The van der Waals surface area contributed by atoms with Gasteiger partial charge in [0.2, 0.25) is 5.82 Å². The van der Waals surface area contributed by atoms with Gasteiger partial charge in [-0.25, -0.2) is 4.98 Å². The summed E-state index contributed by atoms with van der Waals surface area (Å²) < 4.78 is 0. The molecule has 0 aliphatic rings. The SMILES string of the molecule is CCC(CC)(CC)NC(=O)c1n[nH]c(C(C)C)n1. The number of hydrogen-bond donors (Lipinski definition) is 2. The lowest BCUT2D eigenvalue weighted by atomic mass is 9.90. The number of aromatic amines is 1. The van der Waals surface area contributed by atoms with Crippen LogP contribution in [0, 0.1) is 0 Å². The number of carbonyl (C=O) groups excluding carboxylic acids is 1. The summed E-state index contributed by atoms with van der Waals surface area (Å²) in [7, 11) is 0. The van der Waals surface area contributed by atoms with Gasteiger partial charge in [0.1, 0.15) is 5.82 Å². The highest BCUT2D eigenvalue weighted by atomic mass is 16.2. The van der Waals surface area contributed by atoms with Crippen molar-refractivity contribution in [3.05, 3.63) is 11.6 Å². The van der Waals surface area contributed by atoms with Crippen LogP contribution >= 0.6 is 0 Å². The van der Waals surface area contributed by atoms with Gasteiger partial charge in [-0.2, -0.15) is 0 Å². The molecule has 0 fully saturated rings. The van der Waals surface area contributed by atoms with Crippen molar-refractivity contribution in [3.8, 4) is 0 Å². The summed E-state index contributed by atoms with van der Waals surface area (Å²) in [6, 6.07) is 0. The van der Waals surface area contributed by atoms with Gasteiger partial charge in [0.15, 0.2) is 0 Å². The highest BCUT2D eigenvalue weighted by molar-refractivity contribution is 5.90. The van der Waals surface area contributed by atoms with Crippen molar-refractivity contribution in [2.24, 2.45) is 0 Å². The van der Waals surface area contributed by atoms with Gasteiger partial charge in [0, 0.05) is 11.5 Å². The Bertz CT molecular complexity index is 385. The van der Waals surface area contributed by atoms with Crippen LogP contribution in [0.1, 0.15) is 76.2 Å². The van der Waals surface area contributed by atoms with Gasteiger partial charge in [-0.3, -0.25) is 9.89 Å². The second kappa shape index (κ2) is 5.98. The third-order valence-corrected chi connectivity index (χ3v) is 3.66. The largest absolute Gasteiger partial charge is 0.344 e. The first-order valence-corrected chi connectivity index (χ1v) is 6.72. The molecule has 5 heteroatoms. The van der Waals surface area contributed by atoms with Crippen LogP contribution in [0.15, 0.2) is 0 Å². The number of rotatable bonds is 6. The fourth-order valence-electron chi connectivity index (χ4n) is 1.95. The quantitative estimate of drug-likeness (QED) is 0.817. The first-order chi connectivity index (χ1) is 8.48. The predicted molar refractivity (Wildman–Crippen MR) is 71.5 cm³/mol. The van der Waals surface area contributed by atoms with Crippen LogP contribution in [0.5, 0.6) is 0 Å². The zero-order valence-corrected chi connectivity index (χ0v) is 12.0. The zero-order valence-electron chi connectivity index (χ0n) is 12.0. The number of hydrogen-bond acceptors (Lipinski definition) is 3. The molecule has 1 aromatic rings. The van der Waals surface area contributed by atoms with E-state index in [-0.39, 0.29) is 23.2 Å². The second-order valence-electron chi connectivity index (χ2n) is 4.99. The lowest BCUT2D eigenvalue weighted by Gasteiger charge is -2.31. The fourth-order valence-corrected chi connectivity index (χ4v) is 1.95. The molecule has 0 atom stereocenters. The number of carbonyl (C=O) groups is 1. The van der Waals surface area contributed by atoms with E-state index in [1.807, 2.05) is 13.8 Å². The molecule has 0 spiro atoms. The van der Waals surface area contributed by atoms with Crippen molar-refractivity contribution in [1.82, 2.24) is 20.5 Å². The molecule has 5 nitrogen and oxygen atoms in total. The smallest absolute Gasteiger partial charge is 0.291 e. The minimum atomic E-state index is -0.191. The Morgan fingerprint density at radius 2 is 1.83 bits per heavy atom. The highest BCUT2D eigenvalue weighted by Crippen LogP contribution is 2.19. The molecular formula is C13H24N4O. The molecule has 102 valence electrons. The summed E-state index contributed by atoms with van der Waals surface area (Å²) in [6.45, 7) is 10.3. The standard InChI is InChI=1S/C13H24N4O/c1-6-13(7-2,8-3)15-12(18)11-14-10(9(4)5)16-17-11/h9H,6-8H2,1-5H3,(H,15,18)(H,14,16,17). The maximum absolute atomic E-state index is 12.1. The average molecular weight is 252 g/mol. The van der Waals surface area contributed by atoms with E-state index in [1.165, 1.54) is 0 Å². The topological polar surface area (TPSA) is 70.7 Å². The number of nitrogens with one attached hydrogen (secondary N) is 2. The Hall–Kier alpha value is -1.39. The van der Waals surface area contributed by atoms with Gasteiger partial charge in [-0.1, -0.05) is 34.6 Å². The third-order valence-electron chi connectivity index (χ3n) is 3.66. The molecule has 0 aliphatic carbocycles. The third kappa shape index (κ3) is 3.09. The van der Waals surface area contributed by atoms with E-state index in [0.717, 1.165) is 25.1 Å². The molecular weight excluding hydrogens is 228 g/mol. The summed E-state index contributed by atoms with van der Waals surface area (Å²) in [4.78, 5) is 16.3. The van der Waals surface area contributed by atoms with Crippen molar-refractivity contribution >= 4 is 5.91 Å². The van der Waals surface area contributed by atoms with Gasteiger partial charge < -0.3 is 5.32 Å². The molecule has 0 saturated heterocycles. The minimum Gasteiger partial charge on any atom is -0.344 e. The molecule has 0 saturated carbocycles. The maximum atomic E-state index is 12.1. The number of amides is 1. The summed E-state index contributed by atoms with van der Waals surface area (Å²) in [5, 5.41) is 9.84. The first-order valence-electron chi connectivity index (χ1n) is 6.72. The van der Waals surface area contributed by atoms with Crippen LogP contribution in [0.2, 0.25) is 0 Å². The van der Waals surface area contributed by atoms with Crippen LogP contribution in [0.4, 0.5) is 0 Å². The Morgan fingerprint density at radius 3 is 2.22 bits per heavy atom. The van der Waals surface area contributed by atoms with Crippen molar-refractivity contribution in [2.45, 2.75) is 65.3 Å². The molecule has 0 aromatic carbocycles. The van der Waals surface area contributed by atoms with Crippen molar-refractivity contribution in [2.75, 3.05) is 0 Å². The molecule has 0 radical (unpaired) electrons. The minimum absolute atomic E-state index is 0.143. The van der Waals surface area contributed by atoms with E-state index in [2.05, 4.69) is 41.3 Å². The normalized spacial score (nSPS) is 11.9. The van der Waals surface area contributed by atoms with Crippen molar-refractivity contribution in [3.63, 3.8) is 0 Å². The molecule has 0 bridgehead atoms. The lowest BCUT2D eigenvalue weighted by molar-refractivity contribution is 0.0877. The summed E-state index contributed by atoms with van der Waals surface area (Å²) in [6.07, 6.45) is 2.73. The van der Waals surface area contributed by atoms with Crippen LogP contribution in [-0.2, 0) is 0 Å². The Balaban J connectivity index is 2.80. The van der Waals surface area contributed by atoms with Gasteiger partial charge in [-0.05, 0) is 19.3 Å². The summed E-state index contributed by atoms with van der Waals surface area (Å²) in [5.41, 5.74) is -0.143. The number of H-pyrrole nitrogens is 1. The van der Waals surface area contributed by atoms with Gasteiger partial charge in [-0.15, -0.1) is 5.10 Å². The van der Waals surface area contributed by atoms with E-state index in [9.17, 15) is 4.79 Å². The Labute approximate surface area is 109 Å². The zero-order chi connectivity index (χ0) is 13.8. The molecule has 2 N–H and O–H groups in total. The fraction of sp³-hybridized carbons (Fsp3) is 0.769. The van der Waals surface area contributed by atoms with Crippen LogP contribution in [0.3, 0.4) is 0 Å². The maximum Gasteiger partial charge on any atom is 0.291 e. The number of nitrogens with zero attached hydrogens (tertiary/aromatic N) is 2. The highest BCUT2D eigenvalue weighted by Gasteiger charge is 2.27. The molecule has 0 aliphatic heterocycles. The monoisotopic (exact) mass is 252 g/mol. The first kappa shape index (κ1) is 14.7.